The first-order valence-corrected chi connectivity index (χ1v) is 22.1. The van der Waals surface area contributed by atoms with Gasteiger partial charge in [-0.2, -0.15) is 0 Å². The molecule has 2 saturated heterocycles. The molecule has 1 amide bonds. The van der Waals surface area contributed by atoms with Crippen LogP contribution in [0.4, 0.5) is 0 Å². The first-order chi connectivity index (χ1) is 29.8. The average Bonchev–Trinajstić information content (AvgIpc) is 3.69. The maximum absolute atomic E-state index is 12.8. The van der Waals surface area contributed by atoms with Crippen molar-refractivity contribution in [2.75, 3.05) is 0 Å². The Morgan fingerprint density at radius 3 is 1.39 bits per heavy atom. The third-order valence-corrected chi connectivity index (χ3v) is 14.6. The lowest BCUT2D eigenvalue weighted by Crippen LogP contribution is -2.55. The standard InChI is InChI=1S/C26H30N2O3.C26H29NO4.2CH4/c1-4-21-16(2)14-26(24(27)29)23(17(3)31-25(26)30)22(21)13-12-20-11-10-19(15-28-20)18-8-6-5-7-9-18;1-4-21-16(2)14-26(24(28)29)23(17(3)31-25(26)30)22(21)13-12-20-11-10-19(15-27-20)18-8-6-5-7-9-18;;/h5-13,15-17,21-23H,4,14H2,1-3H3,(H2,27,29);5-13,15-17,21-23H,4,14H2,1-3H3,(H,28,29);2*1H4/b2*13-12+;;/t2*16-,17+,21+,22-,23-,26+;;/m00../s1. The molecule has 4 heterocycles. The summed E-state index contributed by atoms with van der Waals surface area (Å²) < 4.78 is 11.1. The number of hydrogen-bond donors (Lipinski definition) is 2. The number of aromatic nitrogens is 2. The summed E-state index contributed by atoms with van der Waals surface area (Å²) in [5, 5.41) is 10.1. The lowest BCUT2D eigenvalue weighted by molar-refractivity contribution is -0.167. The van der Waals surface area contributed by atoms with E-state index < -0.39 is 40.7 Å². The second-order valence-corrected chi connectivity index (χ2v) is 17.9. The fraction of sp³-hybridized carbons (Fsp3) is 0.444. The minimum absolute atomic E-state index is 0. The van der Waals surface area contributed by atoms with E-state index in [-0.39, 0.29) is 62.4 Å². The molecule has 2 aromatic heterocycles. The van der Waals surface area contributed by atoms with Gasteiger partial charge in [-0.25, -0.2) is 0 Å². The monoisotopic (exact) mass is 869 g/mol. The van der Waals surface area contributed by atoms with Gasteiger partial charge in [0.25, 0.3) is 0 Å². The van der Waals surface area contributed by atoms with Gasteiger partial charge in [0.1, 0.15) is 12.2 Å². The molecule has 8 rings (SSSR count). The van der Waals surface area contributed by atoms with Crippen LogP contribution in [0.5, 0.6) is 0 Å². The molecule has 10 nitrogen and oxygen atoms in total. The van der Waals surface area contributed by atoms with E-state index in [1.165, 1.54) is 0 Å². The summed E-state index contributed by atoms with van der Waals surface area (Å²) in [5.74, 6) is -2.41. The first kappa shape index (κ1) is 49.1. The van der Waals surface area contributed by atoms with Gasteiger partial charge < -0.3 is 20.3 Å². The van der Waals surface area contributed by atoms with Crippen molar-refractivity contribution in [3.05, 3.63) is 121 Å². The molecule has 0 spiro atoms. The van der Waals surface area contributed by atoms with Crippen molar-refractivity contribution in [3.63, 3.8) is 0 Å². The predicted molar refractivity (Wildman–Crippen MR) is 253 cm³/mol. The highest BCUT2D eigenvalue weighted by molar-refractivity contribution is 6.04. The maximum atomic E-state index is 12.8. The minimum atomic E-state index is -1.45. The van der Waals surface area contributed by atoms with Gasteiger partial charge in [-0.15, -0.1) is 0 Å². The molecule has 10 heteroatoms. The number of carboxylic acids is 1. The zero-order chi connectivity index (χ0) is 44.3. The van der Waals surface area contributed by atoms with Crippen molar-refractivity contribution in [1.29, 1.82) is 0 Å². The van der Waals surface area contributed by atoms with E-state index in [9.17, 15) is 24.3 Å². The van der Waals surface area contributed by atoms with Crippen molar-refractivity contribution in [3.8, 4) is 22.3 Å². The van der Waals surface area contributed by atoms with E-state index in [2.05, 4.69) is 68.0 Å². The van der Waals surface area contributed by atoms with Crippen molar-refractivity contribution >= 4 is 36.0 Å². The predicted octanol–water partition coefficient (Wildman–Crippen LogP) is 10.8. The highest BCUT2D eigenvalue weighted by Gasteiger charge is 2.68. The molecule has 3 N–H and O–H groups in total. The van der Waals surface area contributed by atoms with Crippen LogP contribution in [0.3, 0.4) is 0 Å². The number of carbonyl (C=O) groups is 4. The number of aliphatic carboxylic acids is 1. The Morgan fingerprint density at radius 1 is 0.641 bits per heavy atom. The number of esters is 2. The number of nitrogens with two attached hydrogens (primary N) is 1. The number of cyclic esters (lactones) is 2. The Balaban J connectivity index is 0.000000234. The molecule has 0 unspecified atom stereocenters. The highest BCUT2D eigenvalue weighted by Crippen LogP contribution is 2.58. The van der Waals surface area contributed by atoms with Crippen LogP contribution in [0.1, 0.15) is 93.5 Å². The van der Waals surface area contributed by atoms with Crippen molar-refractivity contribution < 1.29 is 33.8 Å². The summed E-state index contributed by atoms with van der Waals surface area (Å²) in [4.78, 5) is 59.5. The SMILES string of the molecule is C.C.CC[C@H]1[C@H](/C=C/c2ccc(-c3ccccc3)cn2)[C@@H]2[C@@H](C)OC(=O)[C@]2(C(=O)O)C[C@@H]1C.CC[C@H]1[C@H](/C=C/c2ccc(-c3ccccc3)cn2)[C@@H]2[C@@H](C)OC(=O)[C@]2(C(N)=O)C[C@@H]1C. The molecule has 4 aromatic rings. The maximum Gasteiger partial charge on any atom is 0.324 e. The van der Waals surface area contributed by atoms with Crippen LogP contribution in [-0.2, 0) is 28.7 Å². The van der Waals surface area contributed by atoms with Crippen molar-refractivity contribution in [2.45, 2.75) is 94.3 Å². The van der Waals surface area contributed by atoms with Crippen LogP contribution in [0.25, 0.3) is 34.4 Å². The van der Waals surface area contributed by atoms with E-state index in [4.69, 9.17) is 15.2 Å². The van der Waals surface area contributed by atoms with E-state index in [1.54, 1.807) is 0 Å². The van der Waals surface area contributed by atoms with Gasteiger partial charge in [0.05, 0.1) is 11.4 Å². The number of nitrogens with zero attached hydrogens (tertiary/aromatic N) is 2. The van der Waals surface area contributed by atoms with Crippen LogP contribution in [0, 0.1) is 58.2 Å². The second kappa shape index (κ2) is 20.3. The summed E-state index contributed by atoms with van der Waals surface area (Å²) in [6, 6.07) is 28.3. The molecular formula is C54H67N3O7. The van der Waals surface area contributed by atoms with Crippen LogP contribution in [0.15, 0.2) is 109 Å². The summed E-state index contributed by atoms with van der Waals surface area (Å²) in [6.07, 6.45) is 13.8. The van der Waals surface area contributed by atoms with Gasteiger partial charge in [-0.3, -0.25) is 29.1 Å². The van der Waals surface area contributed by atoms with E-state index >= 15 is 0 Å². The van der Waals surface area contributed by atoms with E-state index in [0.717, 1.165) is 46.5 Å². The number of amides is 1. The molecular weight excluding hydrogens is 803 g/mol. The molecule has 2 aliphatic heterocycles. The molecule has 0 bridgehead atoms. The number of primary amides is 1. The van der Waals surface area contributed by atoms with Crippen LogP contribution in [-0.4, -0.2) is 51.1 Å². The van der Waals surface area contributed by atoms with Gasteiger partial charge >= 0.3 is 17.9 Å². The summed E-state index contributed by atoms with van der Waals surface area (Å²) in [6.45, 7) is 12.2. The zero-order valence-corrected chi connectivity index (χ0v) is 36.5. The number of fused-ring (bicyclic) bond motifs is 2. The van der Waals surface area contributed by atoms with Crippen molar-refractivity contribution in [1.82, 2.24) is 9.97 Å². The number of carbonyl (C=O) groups excluding carboxylic acids is 3. The second-order valence-electron chi connectivity index (χ2n) is 17.9. The lowest BCUT2D eigenvalue weighted by Gasteiger charge is -2.46. The molecule has 340 valence electrons. The molecule has 2 aromatic carbocycles. The quantitative estimate of drug-likeness (QED) is 0.117. The van der Waals surface area contributed by atoms with Crippen LogP contribution < -0.4 is 5.73 Å². The zero-order valence-electron chi connectivity index (χ0n) is 36.5. The Kier molecular flexibility index (Phi) is 15.6. The largest absolute Gasteiger partial charge is 0.480 e. The minimum Gasteiger partial charge on any atom is -0.480 e. The van der Waals surface area contributed by atoms with E-state index in [0.29, 0.717) is 18.8 Å². The number of hydrogen-bond acceptors (Lipinski definition) is 8. The third-order valence-electron chi connectivity index (χ3n) is 14.6. The molecule has 2 saturated carbocycles. The molecule has 4 fully saturated rings. The van der Waals surface area contributed by atoms with Gasteiger partial charge in [-0.1, -0.05) is 140 Å². The Morgan fingerprint density at radius 2 is 1.03 bits per heavy atom. The van der Waals surface area contributed by atoms with Crippen LogP contribution >= 0.6 is 0 Å². The number of benzene rings is 2. The lowest BCUT2D eigenvalue weighted by atomic mass is 9.53. The Labute approximate surface area is 379 Å². The topological polar surface area (TPSA) is 159 Å². The first-order valence-electron chi connectivity index (χ1n) is 22.1. The highest BCUT2D eigenvalue weighted by atomic mass is 16.6. The van der Waals surface area contributed by atoms with Crippen molar-refractivity contribution in [2.24, 2.45) is 63.9 Å². The number of carboxylic acid groups (broad SMARTS) is 1. The number of rotatable bonds is 10. The number of pyridine rings is 2. The van der Waals surface area contributed by atoms with Gasteiger partial charge in [0.2, 0.25) is 5.91 Å². The third kappa shape index (κ3) is 8.93. The van der Waals surface area contributed by atoms with Crippen LogP contribution in [0.2, 0.25) is 0 Å². The van der Waals surface area contributed by atoms with Gasteiger partial charge in [-0.05, 0) is 97.6 Å². The van der Waals surface area contributed by atoms with E-state index in [1.807, 2.05) is 105 Å². The molecule has 4 aliphatic rings. The Bertz CT molecular complexity index is 2130. The average molecular weight is 870 g/mol. The summed E-state index contributed by atoms with van der Waals surface area (Å²) >= 11 is 0. The van der Waals surface area contributed by atoms with Gasteiger partial charge in [0, 0.05) is 35.4 Å². The molecule has 0 radical (unpaired) electrons. The molecule has 64 heavy (non-hydrogen) atoms. The normalized spacial score (nSPS) is 31.6. The Hall–Kier alpha value is -5.90. The smallest absolute Gasteiger partial charge is 0.324 e. The number of allylic oxidation sites excluding steroid dienone is 2. The van der Waals surface area contributed by atoms with Gasteiger partial charge in [0.15, 0.2) is 10.8 Å². The molecule has 2 aliphatic carbocycles. The summed E-state index contributed by atoms with van der Waals surface area (Å²) in [7, 11) is 0. The number of ether oxygens (including phenoxy) is 2. The summed E-state index contributed by atoms with van der Waals surface area (Å²) in [5.41, 5.74) is 9.12. The fourth-order valence-electron chi connectivity index (χ4n) is 11.7. The molecule has 12 atom stereocenters. The fourth-order valence-corrected chi connectivity index (χ4v) is 11.7.